The Hall–Kier alpha value is -2.43. The normalized spacial score (nSPS) is 17.3. The van der Waals surface area contributed by atoms with Crippen LogP contribution in [0, 0.1) is 19.8 Å². The number of nitrogen functional groups attached to an aromatic ring is 1. The van der Waals surface area contributed by atoms with Crippen molar-refractivity contribution in [2.75, 3.05) is 18.8 Å². The summed E-state index contributed by atoms with van der Waals surface area (Å²) in [6, 6.07) is 10.6. The zero-order chi connectivity index (χ0) is 18.5. The molecule has 1 aliphatic heterocycles. The number of nitrogens with zero attached hydrogens (tertiary/aromatic N) is 3. The molecule has 1 aliphatic rings. The average Bonchev–Trinajstić information content (AvgIpc) is 2.64. The van der Waals surface area contributed by atoms with Crippen LogP contribution in [0.15, 0.2) is 30.3 Å². The summed E-state index contributed by atoms with van der Waals surface area (Å²) in [5.74, 6) is 1.03. The highest BCUT2D eigenvalue weighted by atomic mass is 16.2. The molecule has 1 saturated heterocycles. The van der Waals surface area contributed by atoms with Gasteiger partial charge in [-0.15, -0.1) is 0 Å². The SMILES string of the molecule is Cc1nc(N)nc(C)c1CC(=O)N1CCC[C@H](CCc2ccccc2)C1. The van der Waals surface area contributed by atoms with Crippen molar-refractivity contribution < 1.29 is 4.79 Å². The highest BCUT2D eigenvalue weighted by molar-refractivity contribution is 5.79. The maximum absolute atomic E-state index is 12.8. The Labute approximate surface area is 155 Å². The van der Waals surface area contributed by atoms with Crippen LogP contribution in [-0.4, -0.2) is 33.9 Å². The number of benzene rings is 1. The van der Waals surface area contributed by atoms with Crippen LogP contribution in [0.25, 0.3) is 0 Å². The number of nitrogens with two attached hydrogens (primary N) is 1. The molecule has 1 aromatic carbocycles. The zero-order valence-corrected chi connectivity index (χ0v) is 15.7. The Bertz CT molecular complexity index is 737. The summed E-state index contributed by atoms with van der Waals surface area (Å²) in [6.07, 6.45) is 4.87. The Morgan fingerprint density at radius 1 is 1.19 bits per heavy atom. The van der Waals surface area contributed by atoms with Crippen molar-refractivity contribution in [2.45, 2.75) is 46.0 Å². The number of aryl methyl sites for hydroxylation is 3. The van der Waals surface area contributed by atoms with E-state index in [4.69, 9.17) is 5.73 Å². The van der Waals surface area contributed by atoms with Crippen molar-refractivity contribution in [1.82, 2.24) is 14.9 Å². The molecule has 1 atom stereocenters. The molecule has 5 nitrogen and oxygen atoms in total. The largest absolute Gasteiger partial charge is 0.368 e. The van der Waals surface area contributed by atoms with Crippen molar-refractivity contribution in [3.8, 4) is 0 Å². The van der Waals surface area contributed by atoms with Gasteiger partial charge in [0.2, 0.25) is 11.9 Å². The molecule has 0 radical (unpaired) electrons. The Morgan fingerprint density at radius 2 is 1.88 bits per heavy atom. The van der Waals surface area contributed by atoms with Gasteiger partial charge in [0.1, 0.15) is 0 Å². The van der Waals surface area contributed by atoms with E-state index >= 15 is 0 Å². The average molecular weight is 352 g/mol. The molecule has 3 rings (SSSR count). The van der Waals surface area contributed by atoms with Gasteiger partial charge in [-0.3, -0.25) is 4.79 Å². The molecule has 1 aromatic heterocycles. The fraction of sp³-hybridized carbons (Fsp3) is 0.476. The van der Waals surface area contributed by atoms with Gasteiger partial charge >= 0.3 is 0 Å². The molecule has 26 heavy (non-hydrogen) atoms. The maximum atomic E-state index is 12.8. The summed E-state index contributed by atoms with van der Waals surface area (Å²) in [7, 11) is 0. The van der Waals surface area contributed by atoms with Gasteiger partial charge in [-0.25, -0.2) is 9.97 Å². The summed E-state index contributed by atoms with van der Waals surface area (Å²) in [5, 5.41) is 0. The number of piperidine rings is 1. The first kappa shape index (κ1) is 18.4. The molecule has 0 spiro atoms. The van der Waals surface area contributed by atoms with E-state index in [2.05, 4.69) is 40.3 Å². The minimum Gasteiger partial charge on any atom is -0.368 e. The second-order valence-corrected chi connectivity index (χ2v) is 7.28. The Kier molecular flexibility index (Phi) is 5.86. The van der Waals surface area contributed by atoms with E-state index in [1.165, 1.54) is 12.0 Å². The van der Waals surface area contributed by atoms with Crippen molar-refractivity contribution in [1.29, 1.82) is 0 Å². The topological polar surface area (TPSA) is 72.1 Å². The van der Waals surface area contributed by atoms with E-state index in [1.54, 1.807) is 0 Å². The highest BCUT2D eigenvalue weighted by Gasteiger charge is 2.24. The number of carbonyl (C=O) groups is 1. The number of hydrogen-bond donors (Lipinski definition) is 1. The first-order valence-electron chi connectivity index (χ1n) is 9.44. The van der Waals surface area contributed by atoms with E-state index in [9.17, 15) is 4.79 Å². The second-order valence-electron chi connectivity index (χ2n) is 7.28. The molecule has 1 fully saturated rings. The molecule has 5 heteroatoms. The molecule has 1 amide bonds. The Morgan fingerprint density at radius 3 is 2.58 bits per heavy atom. The number of anilines is 1. The van der Waals surface area contributed by atoms with Gasteiger partial charge in [0.15, 0.2) is 0 Å². The number of aromatic nitrogens is 2. The van der Waals surface area contributed by atoms with Crippen LogP contribution in [0.5, 0.6) is 0 Å². The predicted molar refractivity (Wildman–Crippen MR) is 104 cm³/mol. The smallest absolute Gasteiger partial charge is 0.227 e. The quantitative estimate of drug-likeness (QED) is 0.897. The lowest BCUT2D eigenvalue weighted by molar-refractivity contribution is -0.132. The van der Waals surface area contributed by atoms with Crippen molar-refractivity contribution in [2.24, 2.45) is 5.92 Å². The van der Waals surface area contributed by atoms with Gasteiger partial charge in [-0.2, -0.15) is 0 Å². The van der Waals surface area contributed by atoms with Crippen LogP contribution < -0.4 is 5.73 Å². The van der Waals surface area contributed by atoms with Crippen LogP contribution >= 0.6 is 0 Å². The number of rotatable bonds is 5. The summed E-state index contributed by atoms with van der Waals surface area (Å²) >= 11 is 0. The van der Waals surface area contributed by atoms with E-state index in [1.807, 2.05) is 18.7 Å². The first-order chi connectivity index (χ1) is 12.5. The molecule has 0 bridgehead atoms. The molecular formula is C21H28N4O. The van der Waals surface area contributed by atoms with Crippen LogP contribution in [-0.2, 0) is 17.6 Å². The number of hydrogen-bond acceptors (Lipinski definition) is 4. The third-order valence-corrected chi connectivity index (χ3v) is 5.32. The van der Waals surface area contributed by atoms with Crippen LogP contribution in [0.3, 0.4) is 0 Å². The van der Waals surface area contributed by atoms with Crippen LogP contribution in [0.1, 0.15) is 41.8 Å². The van der Waals surface area contributed by atoms with E-state index in [0.717, 1.165) is 49.3 Å². The van der Waals surface area contributed by atoms with Gasteiger partial charge in [-0.1, -0.05) is 30.3 Å². The fourth-order valence-corrected chi connectivity index (χ4v) is 3.83. The molecule has 2 N–H and O–H groups in total. The number of likely N-dealkylation sites (tertiary alicyclic amines) is 1. The summed E-state index contributed by atoms with van der Waals surface area (Å²) in [6.45, 7) is 5.51. The van der Waals surface area contributed by atoms with E-state index in [0.29, 0.717) is 12.3 Å². The predicted octanol–water partition coefficient (Wildman–Crippen LogP) is 3.09. The monoisotopic (exact) mass is 352 g/mol. The number of carbonyl (C=O) groups excluding carboxylic acids is 1. The molecule has 0 unspecified atom stereocenters. The van der Waals surface area contributed by atoms with Gasteiger partial charge in [-0.05, 0) is 51.0 Å². The molecule has 2 aromatic rings. The fourth-order valence-electron chi connectivity index (χ4n) is 3.83. The summed E-state index contributed by atoms with van der Waals surface area (Å²) < 4.78 is 0. The molecule has 0 aliphatic carbocycles. The first-order valence-corrected chi connectivity index (χ1v) is 9.44. The highest BCUT2D eigenvalue weighted by Crippen LogP contribution is 2.23. The molecular weight excluding hydrogens is 324 g/mol. The third-order valence-electron chi connectivity index (χ3n) is 5.32. The third kappa shape index (κ3) is 4.59. The standard InChI is InChI=1S/C21H28N4O/c1-15-19(16(2)24-21(22)23-15)13-20(26)25-12-6-9-18(14-25)11-10-17-7-4-3-5-8-17/h3-5,7-8,18H,6,9-14H2,1-2H3,(H2,22,23,24)/t18-/m1/s1. The zero-order valence-electron chi connectivity index (χ0n) is 15.7. The molecule has 2 heterocycles. The number of amides is 1. The van der Waals surface area contributed by atoms with Gasteiger partial charge in [0, 0.05) is 30.0 Å². The summed E-state index contributed by atoms with van der Waals surface area (Å²) in [4.78, 5) is 23.3. The minimum absolute atomic E-state index is 0.175. The summed E-state index contributed by atoms with van der Waals surface area (Å²) in [5.41, 5.74) is 9.59. The van der Waals surface area contributed by atoms with Crippen LogP contribution in [0.4, 0.5) is 5.95 Å². The Balaban J connectivity index is 1.58. The van der Waals surface area contributed by atoms with Crippen LogP contribution in [0.2, 0.25) is 0 Å². The lowest BCUT2D eigenvalue weighted by atomic mass is 9.91. The van der Waals surface area contributed by atoms with Gasteiger partial charge in [0.25, 0.3) is 0 Å². The van der Waals surface area contributed by atoms with E-state index < -0.39 is 0 Å². The lowest BCUT2D eigenvalue weighted by Crippen LogP contribution is -2.41. The minimum atomic E-state index is 0.175. The van der Waals surface area contributed by atoms with Crippen molar-refractivity contribution in [3.05, 3.63) is 52.8 Å². The second kappa shape index (κ2) is 8.30. The van der Waals surface area contributed by atoms with Crippen molar-refractivity contribution >= 4 is 11.9 Å². The lowest BCUT2D eigenvalue weighted by Gasteiger charge is -2.33. The van der Waals surface area contributed by atoms with Gasteiger partial charge in [0.05, 0.1) is 6.42 Å². The van der Waals surface area contributed by atoms with E-state index in [-0.39, 0.29) is 11.9 Å². The maximum Gasteiger partial charge on any atom is 0.227 e. The van der Waals surface area contributed by atoms with Crippen molar-refractivity contribution in [3.63, 3.8) is 0 Å². The molecule has 0 saturated carbocycles. The molecule has 138 valence electrons. The van der Waals surface area contributed by atoms with Gasteiger partial charge < -0.3 is 10.6 Å².